The molecule has 0 bridgehead atoms. The van der Waals surface area contributed by atoms with Crippen LogP contribution in [-0.4, -0.2) is 13.3 Å². The van der Waals surface area contributed by atoms with Gasteiger partial charge in [-0.1, -0.05) is 41.4 Å². The summed E-state index contributed by atoms with van der Waals surface area (Å²) in [6.07, 6.45) is 0.828. The average molecular weight is 294 g/mol. The van der Waals surface area contributed by atoms with Crippen LogP contribution in [0.4, 0.5) is 5.69 Å². The van der Waals surface area contributed by atoms with Gasteiger partial charge in [0.15, 0.2) is 6.29 Å². The van der Waals surface area contributed by atoms with Gasteiger partial charge in [-0.3, -0.25) is 4.79 Å². The molecule has 0 saturated carbocycles. The van der Waals surface area contributed by atoms with Gasteiger partial charge in [0.25, 0.3) is 0 Å². The Morgan fingerprint density at radius 3 is 2.58 bits per heavy atom. The first kappa shape index (κ1) is 13.9. The minimum absolute atomic E-state index is 0.603. The van der Waals surface area contributed by atoms with Crippen LogP contribution < -0.4 is 4.90 Å². The molecule has 0 radical (unpaired) electrons. The van der Waals surface area contributed by atoms with Gasteiger partial charge in [-0.05, 0) is 29.8 Å². The van der Waals surface area contributed by atoms with Crippen molar-refractivity contribution >= 4 is 35.2 Å². The molecule has 0 heterocycles. The number of carbonyl (C=O) groups excluding carboxylic acids is 1. The fraction of sp³-hybridized carbons (Fsp3) is 0.133. The molecular weight excluding hydrogens is 281 g/mol. The van der Waals surface area contributed by atoms with E-state index in [2.05, 4.69) is 0 Å². The number of nitrogens with zero attached hydrogens (tertiary/aromatic N) is 1. The summed E-state index contributed by atoms with van der Waals surface area (Å²) in [5.41, 5.74) is 2.41. The van der Waals surface area contributed by atoms with E-state index in [-0.39, 0.29) is 0 Å². The van der Waals surface area contributed by atoms with Crippen LogP contribution in [0.5, 0.6) is 0 Å². The van der Waals surface area contributed by atoms with Crippen molar-refractivity contribution in [2.24, 2.45) is 0 Å². The average Bonchev–Trinajstić information content (AvgIpc) is 2.41. The van der Waals surface area contributed by atoms with Crippen LogP contribution in [0, 0.1) is 0 Å². The van der Waals surface area contributed by atoms with Crippen molar-refractivity contribution in [2.75, 3.05) is 11.9 Å². The fourth-order valence-corrected chi connectivity index (χ4v) is 2.28. The van der Waals surface area contributed by atoms with E-state index < -0.39 is 0 Å². The summed E-state index contributed by atoms with van der Waals surface area (Å²) in [4.78, 5) is 13.0. The zero-order valence-electron chi connectivity index (χ0n) is 10.4. The molecule has 4 heteroatoms. The summed E-state index contributed by atoms with van der Waals surface area (Å²) < 4.78 is 0. The number of benzene rings is 2. The van der Waals surface area contributed by atoms with Gasteiger partial charge in [0.05, 0.1) is 0 Å². The Bertz CT molecular complexity index is 598. The van der Waals surface area contributed by atoms with Crippen LogP contribution in [0.1, 0.15) is 15.9 Å². The molecule has 0 N–H and O–H groups in total. The molecule has 0 aromatic heterocycles. The minimum atomic E-state index is 0.603. The SMILES string of the molecule is CN(Cc1ccccc1Cl)c1cc(Cl)ccc1C=O. The smallest absolute Gasteiger partial charge is 0.152 e. The van der Waals surface area contributed by atoms with E-state index in [0.29, 0.717) is 22.2 Å². The molecule has 2 rings (SSSR count). The number of hydrogen-bond acceptors (Lipinski definition) is 2. The number of carbonyl (C=O) groups is 1. The van der Waals surface area contributed by atoms with Crippen molar-refractivity contribution in [3.63, 3.8) is 0 Å². The van der Waals surface area contributed by atoms with Crippen molar-refractivity contribution in [2.45, 2.75) is 6.54 Å². The molecule has 0 amide bonds. The summed E-state index contributed by atoms with van der Waals surface area (Å²) in [7, 11) is 1.90. The number of anilines is 1. The van der Waals surface area contributed by atoms with Gasteiger partial charge in [0.1, 0.15) is 0 Å². The fourth-order valence-electron chi connectivity index (χ4n) is 1.91. The Hall–Kier alpha value is -1.51. The normalized spacial score (nSPS) is 10.3. The highest BCUT2D eigenvalue weighted by Crippen LogP contribution is 2.25. The van der Waals surface area contributed by atoms with Crippen molar-refractivity contribution in [1.82, 2.24) is 0 Å². The highest BCUT2D eigenvalue weighted by Gasteiger charge is 2.10. The maximum atomic E-state index is 11.1. The van der Waals surface area contributed by atoms with E-state index in [4.69, 9.17) is 23.2 Å². The van der Waals surface area contributed by atoms with Crippen molar-refractivity contribution in [3.8, 4) is 0 Å². The molecule has 0 aliphatic rings. The number of rotatable bonds is 4. The Morgan fingerprint density at radius 2 is 1.89 bits per heavy atom. The Balaban J connectivity index is 2.30. The second-order valence-corrected chi connectivity index (χ2v) is 5.11. The molecule has 0 aliphatic carbocycles. The third-order valence-electron chi connectivity index (χ3n) is 2.90. The molecule has 0 unspecified atom stereocenters. The first-order valence-electron chi connectivity index (χ1n) is 5.81. The van der Waals surface area contributed by atoms with E-state index in [1.165, 1.54) is 0 Å². The number of hydrogen-bond donors (Lipinski definition) is 0. The Labute approximate surface area is 122 Å². The summed E-state index contributed by atoms with van der Waals surface area (Å²) >= 11 is 12.1. The molecule has 2 aromatic rings. The molecule has 0 saturated heterocycles. The molecule has 98 valence electrons. The lowest BCUT2D eigenvalue weighted by Gasteiger charge is -2.21. The molecule has 0 atom stereocenters. The van der Waals surface area contributed by atoms with E-state index in [1.54, 1.807) is 18.2 Å². The highest BCUT2D eigenvalue weighted by molar-refractivity contribution is 6.31. The van der Waals surface area contributed by atoms with Gasteiger partial charge in [-0.15, -0.1) is 0 Å². The Morgan fingerprint density at radius 1 is 1.16 bits per heavy atom. The molecular formula is C15H13Cl2NO. The van der Waals surface area contributed by atoms with Crippen molar-refractivity contribution in [1.29, 1.82) is 0 Å². The van der Waals surface area contributed by atoms with Crippen LogP contribution in [0.2, 0.25) is 10.0 Å². The quantitative estimate of drug-likeness (QED) is 0.777. The lowest BCUT2D eigenvalue weighted by molar-refractivity contribution is 0.112. The zero-order chi connectivity index (χ0) is 13.8. The predicted molar refractivity (Wildman–Crippen MR) is 80.4 cm³/mol. The summed E-state index contributed by atoms with van der Waals surface area (Å²) in [5.74, 6) is 0. The largest absolute Gasteiger partial charge is 0.370 e. The van der Waals surface area contributed by atoms with Crippen LogP contribution in [0.15, 0.2) is 42.5 Å². The summed E-state index contributed by atoms with van der Waals surface area (Å²) in [5, 5.41) is 1.32. The highest BCUT2D eigenvalue weighted by atomic mass is 35.5. The van der Waals surface area contributed by atoms with Crippen LogP contribution >= 0.6 is 23.2 Å². The Kier molecular flexibility index (Phi) is 4.46. The third-order valence-corrected chi connectivity index (χ3v) is 3.50. The van der Waals surface area contributed by atoms with Gasteiger partial charge in [0, 0.05) is 34.9 Å². The monoisotopic (exact) mass is 293 g/mol. The lowest BCUT2D eigenvalue weighted by atomic mass is 10.1. The second-order valence-electron chi connectivity index (χ2n) is 4.27. The zero-order valence-corrected chi connectivity index (χ0v) is 11.9. The van der Waals surface area contributed by atoms with E-state index in [9.17, 15) is 4.79 Å². The first-order chi connectivity index (χ1) is 9.11. The predicted octanol–water partition coefficient (Wildman–Crippen LogP) is 4.44. The van der Waals surface area contributed by atoms with E-state index in [0.717, 1.165) is 17.5 Å². The maximum Gasteiger partial charge on any atom is 0.152 e. The molecule has 19 heavy (non-hydrogen) atoms. The molecule has 0 aliphatic heterocycles. The van der Waals surface area contributed by atoms with E-state index >= 15 is 0 Å². The maximum absolute atomic E-state index is 11.1. The summed E-state index contributed by atoms with van der Waals surface area (Å²) in [6.45, 7) is 0.612. The standard InChI is InChI=1S/C15H13Cl2NO/c1-18(9-11-4-2-3-5-14(11)17)15-8-13(16)7-6-12(15)10-19/h2-8,10H,9H2,1H3. The minimum Gasteiger partial charge on any atom is -0.370 e. The van der Waals surface area contributed by atoms with E-state index in [1.807, 2.05) is 36.2 Å². The van der Waals surface area contributed by atoms with Crippen molar-refractivity contribution in [3.05, 3.63) is 63.6 Å². The van der Waals surface area contributed by atoms with Gasteiger partial charge in [0.2, 0.25) is 0 Å². The third kappa shape index (κ3) is 3.28. The van der Waals surface area contributed by atoms with Gasteiger partial charge >= 0.3 is 0 Å². The second kappa shape index (κ2) is 6.09. The van der Waals surface area contributed by atoms with Crippen LogP contribution in [-0.2, 0) is 6.54 Å². The van der Waals surface area contributed by atoms with Crippen LogP contribution in [0.3, 0.4) is 0 Å². The van der Waals surface area contributed by atoms with Crippen molar-refractivity contribution < 1.29 is 4.79 Å². The number of halogens is 2. The van der Waals surface area contributed by atoms with Gasteiger partial charge in [-0.2, -0.15) is 0 Å². The molecule has 2 nitrogen and oxygen atoms in total. The molecule has 0 fully saturated rings. The molecule has 2 aromatic carbocycles. The number of aldehydes is 1. The topological polar surface area (TPSA) is 20.3 Å². The first-order valence-corrected chi connectivity index (χ1v) is 6.56. The van der Waals surface area contributed by atoms with Crippen LogP contribution in [0.25, 0.3) is 0 Å². The lowest BCUT2D eigenvalue weighted by Crippen LogP contribution is -2.18. The molecule has 0 spiro atoms. The van der Waals surface area contributed by atoms with Gasteiger partial charge < -0.3 is 4.90 Å². The van der Waals surface area contributed by atoms with Gasteiger partial charge in [-0.25, -0.2) is 0 Å². The summed E-state index contributed by atoms with van der Waals surface area (Å²) in [6, 6.07) is 12.8.